The van der Waals surface area contributed by atoms with Crippen molar-refractivity contribution >= 4 is 11.8 Å². The van der Waals surface area contributed by atoms with Crippen molar-refractivity contribution < 1.29 is 9.53 Å². The van der Waals surface area contributed by atoms with Crippen LogP contribution in [0.2, 0.25) is 0 Å². The van der Waals surface area contributed by atoms with Crippen molar-refractivity contribution in [3.05, 3.63) is 34.1 Å². The summed E-state index contributed by atoms with van der Waals surface area (Å²) in [5.74, 6) is 1.75. The molecular weight excluding hydrogens is 312 g/mol. The minimum absolute atomic E-state index is 0.152. The number of aromatic nitrogens is 4. The van der Waals surface area contributed by atoms with Gasteiger partial charge < -0.3 is 9.64 Å². The number of rotatable bonds is 3. The zero-order valence-corrected chi connectivity index (χ0v) is 13.6. The first-order valence-corrected chi connectivity index (χ1v) is 7.79. The van der Waals surface area contributed by atoms with Crippen molar-refractivity contribution in [1.82, 2.24) is 25.1 Å². The highest BCUT2D eigenvalue weighted by Crippen LogP contribution is 2.26. The summed E-state index contributed by atoms with van der Waals surface area (Å²) in [7, 11) is 1.54. The second-order valence-corrected chi connectivity index (χ2v) is 5.76. The topological polar surface area (TPSA) is 116 Å². The largest absolute Gasteiger partial charge is 0.493 e. The molecule has 1 fully saturated rings. The maximum atomic E-state index is 12.4. The van der Waals surface area contributed by atoms with Gasteiger partial charge in [-0.15, -0.1) is 0 Å². The number of piperidine rings is 1. The number of H-pyrrole nitrogens is 2. The van der Waals surface area contributed by atoms with E-state index in [0.717, 1.165) is 18.5 Å². The van der Waals surface area contributed by atoms with E-state index < -0.39 is 0 Å². The normalized spacial score (nSPS) is 15.3. The Morgan fingerprint density at radius 1 is 1.38 bits per heavy atom. The summed E-state index contributed by atoms with van der Waals surface area (Å²) in [6, 6.07) is 3.39. The van der Waals surface area contributed by atoms with Crippen LogP contribution >= 0.6 is 0 Å². The van der Waals surface area contributed by atoms with Crippen LogP contribution in [-0.2, 0) is 0 Å². The Bertz CT molecular complexity index is 776. The van der Waals surface area contributed by atoms with Crippen LogP contribution in [0.15, 0.2) is 16.9 Å². The molecule has 0 unspecified atom stereocenters. The van der Waals surface area contributed by atoms with E-state index in [9.17, 15) is 9.59 Å². The number of carbonyl (C=O) groups excluding carboxylic acids is 1. The van der Waals surface area contributed by atoms with Gasteiger partial charge in [-0.2, -0.15) is 5.10 Å². The van der Waals surface area contributed by atoms with Crippen LogP contribution in [0.25, 0.3) is 0 Å². The number of urea groups is 1. The third-order valence-electron chi connectivity index (χ3n) is 4.13. The molecule has 0 radical (unpaired) electrons. The minimum atomic E-state index is -0.303. The number of methoxy groups -OCH3 is 1. The first kappa shape index (κ1) is 16.0. The molecule has 2 aromatic heterocycles. The number of amides is 2. The number of aromatic amines is 2. The molecule has 9 nitrogen and oxygen atoms in total. The molecule has 9 heteroatoms. The summed E-state index contributed by atoms with van der Waals surface area (Å²) in [5, 5.41) is 9.15. The number of nitrogens with one attached hydrogen (secondary N) is 3. The fourth-order valence-electron chi connectivity index (χ4n) is 2.81. The number of anilines is 1. The Balaban J connectivity index is 1.61. The van der Waals surface area contributed by atoms with E-state index in [-0.39, 0.29) is 17.6 Å². The maximum Gasteiger partial charge on any atom is 0.340 e. The van der Waals surface area contributed by atoms with Gasteiger partial charge in [0.2, 0.25) is 0 Å². The van der Waals surface area contributed by atoms with E-state index in [0.29, 0.717) is 30.5 Å². The number of aryl methyl sites for hydroxylation is 1. The van der Waals surface area contributed by atoms with Gasteiger partial charge in [-0.1, -0.05) is 0 Å². The summed E-state index contributed by atoms with van der Waals surface area (Å²) in [4.78, 5) is 32.3. The molecule has 2 amide bonds. The quantitative estimate of drug-likeness (QED) is 0.781. The molecular formula is C15H20N6O3. The molecule has 1 saturated heterocycles. The smallest absolute Gasteiger partial charge is 0.340 e. The third kappa shape index (κ3) is 3.39. The average molecular weight is 332 g/mol. The highest BCUT2D eigenvalue weighted by molar-refractivity contribution is 5.89. The van der Waals surface area contributed by atoms with Gasteiger partial charge in [0.15, 0.2) is 11.6 Å². The standard InChI is InChI=1S/C15H20N6O3/c1-9-3-4-11(24-2)13(16-9)18-15(23)21-7-5-10(6-8-21)12-17-14(22)20-19-12/h3-4,10H,5-8H2,1-2H3,(H,16,18,23)(H2,17,19,20,22). The molecule has 3 rings (SSSR count). The van der Waals surface area contributed by atoms with E-state index >= 15 is 0 Å². The molecule has 0 atom stereocenters. The van der Waals surface area contributed by atoms with Crippen molar-refractivity contribution in [3.63, 3.8) is 0 Å². The van der Waals surface area contributed by atoms with Gasteiger partial charge in [0, 0.05) is 24.7 Å². The summed E-state index contributed by atoms with van der Waals surface area (Å²) < 4.78 is 5.22. The van der Waals surface area contributed by atoms with Crippen molar-refractivity contribution in [2.24, 2.45) is 0 Å². The lowest BCUT2D eigenvalue weighted by atomic mass is 9.96. The predicted octanol–water partition coefficient (Wildman–Crippen LogP) is 1.22. The maximum absolute atomic E-state index is 12.4. The molecule has 24 heavy (non-hydrogen) atoms. The summed E-state index contributed by atoms with van der Waals surface area (Å²) in [5.41, 5.74) is 0.495. The fourth-order valence-corrected chi connectivity index (χ4v) is 2.81. The Morgan fingerprint density at radius 3 is 2.75 bits per heavy atom. The SMILES string of the molecule is COc1ccc(C)nc1NC(=O)N1CCC(c2n[nH]c(=O)[nH]2)CC1. The molecule has 0 saturated carbocycles. The van der Waals surface area contributed by atoms with E-state index in [2.05, 4.69) is 25.5 Å². The number of nitrogens with zero attached hydrogens (tertiary/aromatic N) is 3. The van der Waals surface area contributed by atoms with Crippen molar-refractivity contribution in [3.8, 4) is 5.75 Å². The number of carbonyl (C=O) groups is 1. The lowest BCUT2D eigenvalue weighted by molar-refractivity contribution is 0.193. The fraction of sp³-hybridized carbons (Fsp3) is 0.467. The monoisotopic (exact) mass is 332 g/mol. The van der Waals surface area contributed by atoms with Crippen LogP contribution in [0, 0.1) is 6.92 Å². The summed E-state index contributed by atoms with van der Waals surface area (Å²) in [6.45, 7) is 3.02. The zero-order valence-electron chi connectivity index (χ0n) is 13.6. The van der Waals surface area contributed by atoms with Crippen LogP contribution in [0.1, 0.15) is 30.3 Å². The number of ether oxygens (including phenoxy) is 1. The molecule has 1 aliphatic heterocycles. The molecule has 0 spiro atoms. The number of hydrogen-bond acceptors (Lipinski definition) is 5. The van der Waals surface area contributed by atoms with Crippen molar-refractivity contribution in [2.45, 2.75) is 25.7 Å². The Hall–Kier alpha value is -2.84. The van der Waals surface area contributed by atoms with Crippen LogP contribution in [-0.4, -0.2) is 51.3 Å². The van der Waals surface area contributed by atoms with Gasteiger partial charge in [0.25, 0.3) is 0 Å². The van der Waals surface area contributed by atoms with E-state index in [1.165, 1.54) is 7.11 Å². The van der Waals surface area contributed by atoms with Crippen molar-refractivity contribution in [2.75, 3.05) is 25.5 Å². The average Bonchev–Trinajstić information content (AvgIpc) is 3.02. The second kappa shape index (κ2) is 6.73. The van der Waals surface area contributed by atoms with E-state index in [4.69, 9.17) is 4.74 Å². The lowest BCUT2D eigenvalue weighted by Crippen LogP contribution is -2.41. The van der Waals surface area contributed by atoms with Crippen LogP contribution in [0.3, 0.4) is 0 Å². The van der Waals surface area contributed by atoms with Gasteiger partial charge >= 0.3 is 11.7 Å². The number of pyridine rings is 1. The van der Waals surface area contributed by atoms with E-state index in [1.54, 1.807) is 11.0 Å². The van der Waals surface area contributed by atoms with Crippen LogP contribution in [0.5, 0.6) is 5.75 Å². The van der Waals surface area contributed by atoms with Gasteiger partial charge in [-0.05, 0) is 31.9 Å². The molecule has 0 aromatic carbocycles. The zero-order chi connectivity index (χ0) is 17.1. The number of likely N-dealkylation sites (tertiary alicyclic amines) is 1. The second-order valence-electron chi connectivity index (χ2n) is 5.76. The molecule has 0 bridgehead atoms. The molecule has 3 N–H and O–H groups in total. The third-order valence-corrected chi connectivity index (χ3v) is 4.13. The van der Waals surface area contributed by atoms with E-state index in [1.807, 2.05) is 13.0 Å². The molecule has 0 aliphatic carbocycles. The Morgan fingerprint density at radius 2 is 2.12 bits per heavy atom. The molecule has 2 aromatic rings. The minimum Gasteiger partial charge on any atom is -0.493 e. The highest BCUT2D eigenvalue weighted by Gasteiger charge is 2.26. The Kier molecular flexibility index (Phi) is 4.50. The Labute approximate surface area is 138 Å². The van der Waals surface area contributed by atoms with Gasteiger partial charge in [0.05, 0.1) is 7.11 Å². The molecule has 3 heterocycles. The van der Waals surface area contributed by atoms with Gasteiger partial charge in [-0.25, -0.2) is 19.7 Å². The lowest BCUT2D eigenvalue weighted by Gasteiger charge is -2.30. The first-order chi connectivity index (χ1) is 11.6. The molecule has 128 valence electrons. The summed E-state index contributed by atoms with van der Waals surface area (Å²) in [6.07, 6.45) is 1.49. The van der Waals surface area contributed by atoms with Crippen molar-refractivity contribution in [1.29, 1.82) is 0 Å². The highest BCUT2D eigenvalue weighted by atomic mass is 16.5. The number of hydrogen-bond donors (Lipinski definition) is 3. The van der Waals surface area contributed by atoms with Crippen LogP contribution < -0.4 is 15.7 Å². The van der Waals surface area contributed by atoms with Gasteiger partial charge in [0.1, 0.15) is 5.82 Å². The first-order valence-electron chi connectivity index (χ1n) is 7.79. The predicted molar refractivity (Wildman–Crippen MR) is 87.3 cm³/mol. The molecule has 1 aliphatic rings. The van der Waals surface area contributed by atoms with Gasteiger partial charge in [-0.3, -0.25) is 10.3 Å². The van der Waals surface area contributed by atoms with Crippen LogP contribution in [0.4, 0.5) is 10.6 Å². The summed E-state index contributed by atoms with van der Waals surface area (Å²) >= 11 is 0.